The van der Waals surface area contributed by atoms with Crippen molar-refractivity contribution in [3.63, 3.8) is 0 Å². The van der Waals surface area contributed by atoms with Crippen LogP contribution in [0.5, 0.6) is 0 Å². The van der Waals surface area contributed by atoms with Gasteiger partial charge in [0, 0.05) is 14.9 Å². The van der Waals surface area contributed by atoms with Crippen molar-refractivity contribution in [1.82, 2.24) is 4.98 Å². The first-order valence-electron chi connectivity index (χ1n) is 5.53. The number of halogens is 2. The van der Waals surface area contributed by atoms with Crippen molar-refractivity contribution in [2.75, 3.05) is 0 Å². The van der Waals surface area contributed by atoms with Gasteiger partial charge in [0.15, 0.2) is 0 Å². The van der Waals surface area contributed by atoms with Gasteiger partial charge in [-0.15, -0.1) is 11.3 Å². The maximum absolute atomic E-state index is 13.0. The molecule has 1 heterocycles. The van der Waals surface area contributed by atoms with Gasteiger partial charge in [0.05, 0.1) is 16.8 Å². The van der Waals surface area contributed by atoms with Crippen LogP contribution in [-0.4, -0.2) is 10.1 Å². The molecule has 1 N–H and O–H groups in total. The second-order valence-electron chi connectivity index (χ2n) is 4.13. The third-order valence-electron chi connectivity index (χ3n) is 2.76. The molecule has 0 aliphatic rings. The summed E-state index contributed by atoms with van der Waals surface area (Å²) in [5.74, 6) is -0.281. The molecular formula is C13H13FINOS. The minimum absolute atomic E-state index is 0.281. The molecule has 5 heteroatoms. The van der Waals surface area contributed by atoms with Crippen molar-refractivity contribution >= 4 is 33.9 Å². The minimum Gasteiger partial charge on any atom is -0.388 e. The van der Waals surface area contributed by atoms with Crippen molar-refractivity contribution in [1.29, 1.82) is 0 Å². The monoisotopic (exact) mass is 377 g/mol. The van der Waals surface area contributed by atoms with Crippen LogP contribution in [-0.2, 0) is 6.42 Å². The van der Waals surface area contributed by atoms with Crippen molar-refractivity contribution in [3.05, 3.63) is 48.7 Å². The van der Waals surface area contributed by atoms with Crippen LogP contribution in [0.4, 0.5) is 4.39 Å². The maximum Gasteiger partial charge on any atom is 0.124 e. The van der Waals surface area contributed by atoms with Crippen molar-refractivity contribution in [2.45, 2.75) is 26.4 Å². The second kappa shape index (κ2) is 5.63. The van der Waals surface area contributed by atoms with Gasteiger partial charge in [0.2, 0.25) is 0 Å². The summed E-state index contributed by atoms with van der Waals surface area (Å²) in [6.07, 6.45) is -0.163. The van der Waals surface area contributed by atoms with E-state index in [0.717, 1.165) is 19.8 Å². The molecule has 1 atom stereocenters. The van der Waals surface area contributed by atoms with Gasteiger partial charge >= 0.3 is 0 Å². The standard InChI is InChI=1S/C13H13FINOS/c1-7-8(2)18-13(16-7)6-12(17)10-4-3-9(14)5-11(10)15/h3-5,12,17H,6H2,1-2H3. The normalized spacial score (nSPS) is 12.7. The van der Waals surface area contributed by atoms with Gasteiger partial charge in [-0.05, 0) is 54.1 Å². The Hall–Kier alpha value is -0.530. The lowest BCUT2D eigenvalue weighted by Crippen LogP contribution is -2.04. The van der Waals surface area contributed by atoms with Crippen LogP contribution in [0.2, 0.25) is 0 Å². The molecule has 2 nitrogen and oxygen atoms in total. The Balaban J connectivity index is 2.19. The molecule has 18 heavy (non-hydrogen) atoms. The Morgan fingerprint density at radius 2 is 2.17 bits per heavy atom. The number of benzene rings is 1. The summed E-state index contributed by atoms with van der Waals surface area (Å²) in [5.41, 5.74) is 1.76. The highest BCUT2D eigenvalue weighted by molar-refractivity contribution is 14.1. The molecule has 0 saturated carbocycles. The molecule has 0 bridgehead atoms. The molecule has 0 amide bonds. The summed E-state index contributed by atoms with van der Waals surface area (Å²) >= 11 is 3.64. The Labute approximate surface area is 123 Å². The van der Waals surface area contributed by atoms with Crippen molar-refractivity contribution < 1.29 is 9.50 Å². The highest BCUT2D eigenvalue weighted by Crippen LogP contribution is 2.26. The Morgan fingerprint density at radius 1 is 1.44 bits per heavy atom. The maximum atomic E-state index is 13.0. The molecule has 2 aromatic rings. The van der Waals surface area contributed by atoms with Gasteiger partial charge in [-0.1, -0.05) is 6.07 Å². The zero-order valence-electron chi connectivity index (χ0n) is 10.1. The zero-order chi connectivity index (χ0) is 13.3. The topological polar surface area (TPSA) is 33.1 Å². The van der Waals surface area contributed by atoms with Crippen LogP contribution in [0.15, 0.2) is 18.2 Å². The second-order valence-corrected chi connectivity index (χ2v) is 6.58. The van der Waals surface area contributed by atoms with Gasteiger partial charge in [-0.2, -0.15) is 0 Å². The van der Waals surface area contributed by atoms with E-state index >= 15 is 0 Å². The van der Waals surface area contributed by atoms with E-state index in [2.05, 4.69) is 4.98 Å². The molecule has 0 aliphatic heterocycles. The summed E-state index contributed by atoms with van der Waals surface area (Å²) in [7, 11) is 0. The van der Waals surface area contributed by atoms with Gasteiger partial charge in [-0.3, -0.25) is 0 Å². The average molecular weight is 377 g/mol. The summed E-state index contributed by atoms with van der Waals surface area (Å²) in [5, 5.41) is 11.1. The lowest BCUT2D eigenvalue weighted by molar-refractivity contribution is 0.177. The van der Waals surface area contributed by atoms with Crippen LogP contribution in [0.1, 0.15) is 27.2 Å². The Morgan fingerprint density at radius 3 is 2.72 bits per heavy atom. The highest BCUT2D eigenvalue weighted by Gasteiger charge is 2.15. The van der Waals surface area contributed by atoms with E-state index in [0.29, 0.717) is 6.42 Å². The number of nitrogens with zero attached hydrogens (tertiary/aromatic N) is 1. The molecule has 1 aromatic carbocycles. The lowest BCUT2D eigenvalue weighted by Gasteiger charge is -2.11. The largest absolute Gasteiger partial charge is 0.388 e. The van der Waals surface area contributed by atoms with Crippen LogP contribution in [0.3, 0.4) is 0 Å². The van der Waals surface area contributed by atoms with E-state index in [1.807, 2.05) is 36.4 Å². The molecule has 0 radical (unpaired) electrons. The molecule has 0 aliphatic carbocycles. The molecule has 1 aromatic heterocycles. The molecule has 0 fully saturated rings. The summed E-state index contributed by atoms with van der Waals surface area (Å²) in [6, 6.07) is 4.44. The lowest BCUT2D eigenvalue weighted by atomic mass is 10.1. The summed E-state index contributed by atoms with van der Waals surface area (Å²) in [6.45, 7) is 3.98. The van der Waals surface area contributed by atoms with Crippen LogP contribution in [0, 0.1) is 23.2 Å². The van der Waals surface area contributed by atoms with Crippen molar-refractivity contribution in [2.24, 2.45) is 0 Å². The first-order valence-corrected chi connectivity index (χ1v) is 7.43. The zero-order valence-corrected chi connectivity index (χ0v) is 13.0. The summed E-state index contributed by atoms with van der Waals surface area (Å²) in [4.78, 5) is 5.58. The number of aryl methyl sites for hydroxylation is 2. The summed E-state index contributed by atoms with van der Waals surface area (Å²) < 4.78 is 13.7. The molecular weight excluding hydrogens is 364 g/mol. The smallest absolute Gasteiger partial charge is 0.124 e. The van der Waals surface area contributed by atoms with E-state index in [1.165, 1.54) is 17.0 Å². The van der Waals surface area contributed by atoms with Crippen LogP contribution in [0.25, 0.3) is 0 Å². The predicted molar refractivity (Wildman–Crippen MR) is 79.4 cm³/mol. The fraction of sp³-hybridized carbons (Fsp3) is 0.308. The van der Waals surface area contributed by atoms with Crippen LogP contribution < -0.4 is 0 Å². The van der Waals surface area contributed by atoms with E-state index in [4.69, 9.17) is 0 Å². The van der Waals surface area contributed by atoms with Gasteiger partial charge < -0.3 is 5.11 Å². The number of aliphatic hydroxyl groups excluding tert-OH is 1. The van der Waals surface area contributed by atoms with Gasteiger partial charge in [0.1, 0.15) is 5.82 Å². The number of thiazole rings is 1. The molecule has 0 saturated heterocycles. The van der Waals surface area contributed by atoms with E-state index < -0.39 is 6.10 Å². The highest BCUT2D eigenvalue weighted by atomic mass is 127. The fourth-order valence-electron chi connectivity index (χ4n) is 1.67. The van der Waals surface area contributed by atoms with E-state index in [-0.39, 0.29) is 5.82 Å². The van der Waals surface area contributed by atoms with E-state index in [1.54, 1.807) is 17.4 Å². The number of hydrogen-bond acceptors (Lipinski definition) is 3. The SMILES string of the molecule is Cc1nc(CC(O)c2ccc(F)cc2I)sc1C. The van der Waals surface area contributed by atoms with Crippen molar-refractivity contribution in [3.8, 4) is 0 Å². The average Bonchev–Trinajstić information content (AvgIpc) is 2.57. The molecule has 96 valence electrons. The predicted octanol–water partition coefficient (Wildman–Crippen LogP) is 3.78. The quantitative estimate of drug-likeness (QED) is 0.826. The first kappa shape index (κ1) is 13.9. The molecule has 1 unspecified atom stereocenters. The number of rotatable bonds is 3. The number of aliphatic hydroxyl groups is 1. The van der Waals surface area contributed by atoms with Crippen LogP contribution >= 0.6 is 33.9 Å². The third kappa shape index (κ3) is 3.07. The number of aromatic nitrogens is 1. The number of hydrogen-bond donors (Lipinski definition) is 1. The fourth-order valence-corrected chi connectivity index (χ4v) is 3.48. The first-order chi connectivity index (χ1) is 8.47. The van der Waals surface area contributed by atoms with E-state index in [9.17, 15) is 9.50 Å². The Bertz CT molecular complexity index is 551. The van der Waals surface area contributed by atoms with Gasteiger partial charge in [-0.25, -0.2) is 9.37 Å². The molecule has 2 rings (SSSR count). The Kier molecular flexibility index (Phi) is 4.34. The molecule has 0 spiro atoms. The minimum atomic E-state index is -0.637. The van der Waals surface area contributed by atoms with Gasteiger partial charge in [0.25, 0.3) is 0 Å². The third-order valence-corrected chi connectivity index (χ3v) is 4.79.